The number of hydrogen-bond acceptors (Lipinski definition) is 5. The predicted molar refractivity (Wildman–Crippen MR) is 58.1 cm³/mol. The van der Waals surface area contributed by atoms with Crippen molar-refractivity contribution in [2.24, 2.45) is 0 Å². The van der Waals surface area contributed by atoms with Crippen molar-refractivity contribution in [1.29, 1.82) is 0 Å². The fourth-order valence-electron chi connectivity index (χ4n) is 1.14. The summed E-state index contributed by atoms with van der Waals surface area (Å²) in [6, 6.07) is 1.55. The molecule has 0 aliphatic rings. The topological polar surface area (TPSA) is 60.8 Å². The molecule has 82 valence electrons. The highest BCUT2D eigenvalue weighted by Crippen LogP contribution is 2.18. The molecule has 0 amide bonds. The lowest BCUT2D eigenvalue weighted by molar-refractivity contribution is 0.212. The molecule has 0 spiro atoms. The van der Waals surface area contributed by atoms with Crippen molar-refractivity contribution in [3.8, 4) is 5.88 Å². The standard InChI is InChI=1S/C10H9ClN4O/c1-7(8-5-12-2-3-13-8)16-10-4-9(11)14-6-15-10/h2-7H,1H3/t7-/m1/s1. The highest BCUT2D eigenvalue weighted by Gasteiger charge is 2.09. The summed E-state index contributed by atoms with van der Waals surface area (Å²) in [6.07, 6.45) is 5.98. The number of aromatic nitrogens is 4. The van der Waals surface area contributed by atoms with E-state index in [9.17, 15) is 0 Å². The fraction of sp³-hybridized carbons (Fsp3) is 0.200. The molecule has 1 atom stereocenters. The molecular formula is C10H9ClN4O. The van der Waals surface area contributed by atoms with Crippen LogP contribution in [-0.4, -0.2) is 19.9 Å². The molecule has 2 aromatic heterocycles. The second kappa shape index (κ2) is 4.85. The van der Waals surface area contributed by atoms with Crippen molar-refractivity contribution in [3.05, 3.63) is 41.8 Å². The second-order valence-electron chi connectivity index (χ2n) is 3.07. The van der Waals surface area contributed by atoms with Gasteiger partial charge in [0, 0.05) is 18.5 Å². The van der Waals surface area contributed by atoms with Crippen LogP contribution in [-0.2, 0) is 0 Å². The molecule has 0 saturated carbocycles. The molecular weight excluding hydrogens is 228 g/mol. The molecule has 0 aromatic carbocycles. The van der Waals surface area contributed by atoms with Crippen molar-refractivity contribution in [1.82, 2.24) is 19.9 Å². The third-order valence-corrected chi connectivity index (χ3v) is 2.11. The van der Waals surface area contributed by atoms with Crippen LogP contribution in [0.5, 0.6) is 5.88 Å². The SMILES string of the molecule is C[C@@H](Oc1cc(Cl)ncn1)c1cnccn1. The van der Waals surface area contributed by atoms with E-state index in [0.29, 0.717) is 11.0 Å². The lowest BCUT2D eigenvalue weighted by Crippen LogP contribution is -2.06. The molecule has 0 N–H and O–H groups in total. The lowest BCUT2D eigenvalue weighted by Gasteiger charge is -2.12. The summed E-state index contributed by atoms with van der Waals surface area (Å²) < 4.78 is 5.54. The largest absolute Gasteiger partial charge is 0.468 e. The van der Waals surface area contributed by atoms with E-state index in [0.717, 1.165) is 5.69 Å². The zero-order chi connectivity index (χ0) is 11.4. The van der Waals surface area contributed by atoms with Gasteiger partial charge in [-0.15, -0.1) is 0 Å². The normalized spacial score (nSPS) is 12.1. The number of ether oxygens (including phenoxy) is 1. The molecule has 0 fully saturated rings. The van der Waals surface area contributed by atoms with E-state index in [1.54, 1.807) is 24.7 Å². The summed E-state index contributed by atoms with van der Waals surface area (Å²) in [5, 5.41) is 0.344. The van der Waals surface area contributed by atoms with Crippen LogP contribution in [0.25, 0.3) is 0 Å². The van der Waals surface area contributed by atoms with Crippen LogP contribution in [0.4, 0.5) is 0 Å². The first-order valence-corrected chi connectivity index (χ1v) is 5.03. The molecule has 0 aliphatic carbocycles. The molecule has 0 aliphatic heterocycles. The van der Waals surface area contributed by atoms with E-state index >= 15 is 0 Å². The van der Waals surface area contributed by atoms with Crippen LogP contribution in [0.1, 0.15) is 18.7 Å². The monoisotopic (exact) mass is 236 g/mol. The molecule has 2 heterocycles. The van der Waals surface area contributed by atoms with E-state index in [-0.39, 0.29) is 6.10 Å². The molecule has 0 bridgehead atoms. The van der Waals surface area contributed by atoms with Crippen LogP contribution >= 0.6 is 11.6 Å². The van der Waals surface area contributed by atoms with E-state index in [4.69, 9.17) is 16.3 Å². The Hall–Kier alpha value is -1.75. The minimum atomic E-state index is -0.236. The minimum absolute atomic E-state index is 0.236. The Kier molecular flexibility index (Phi) is 3.26. The first-order chi connectivity index (χ1) is 7.75. The van der Waals surface area contributed by atoms with Gasteiger partial charge in [-0.05, 0) is 6.92 Å². The number of hydrogen-bond donors (Lipinski definition) is 0. The zero-order valence-corrected chi connectivity index (χ0v) is 9.30. The third kappa shape index (κ3) is 2.64. The average Bonchev–Trinajstić information content (AvgIpc) is 2.30. The zero-order valence-electron chi connectivity index (χ0n) is 8.54. The Balaban J connectivity index is 2.11. The Morgan fingerprint density at radius 3 is 2.81 bits per heavy atom. The van der Waals surface area contributed by atoms with Gasteiger partial charge in [0.15, 0.2) is 0 Å². The molecule has 5 nitrogen and oxygen atoms in total. The third-order valence-electron chi connectivity index (χ3n) is 1.91. The minimum Gasteiger partial charge on any atom is -0.468 e. The van der Waals surface area contributed by atoms with E-state index in [1.807, 2.05) is 6.92 Å². The fourth-order valence-corrected chi connectivity index (χ4v) is 1.28. The second-order valence-corrected chi connectivity index (χ2v) is 3.46. The summed E-state index contributed by atoms with van der Waals surface area (Å²) in [5.41, 5.74) is 0.734. The van der Waals surface area contributed by atoms with Crippen LogP contribution < -0.4 is 4.74 Å². The molecule has 16 heavy (non-hydrogen) atoms. The van der Waals surface area contributed by atoms with Crippen molar-refractivity contribution in [3.63, 3.8) is 0 Å². The van der Waals surface area contributed by atoms with Crippen molar-refractivity contribution in [2.45, 2.75) is 13.0 Å². The smallest absolute Gasteiger partial charge is 0.218 e. The van der Waals surface area contributed by atoms with Crippen molar-refractivity contribution < 1.29 is 4.74 Å². The number of nitrogens with zero attached hydrogens (tertiary/aromatic N) is 4. The Labute approximate surface area is 97.5 Å². The highest BCUT2D eigenvalue weighted by atomic mass is 35.5. The summed E-state index contributed by atoms with van der Waals surface area (Å²) in [4.78, 5) is 15.8. The summed E-state index contributed by atoms with van der Waals surface area (Å²) in [7, 11) is 0. The molecule has 6 heteroatoms. The van der Waals surface area contributed by atoms with Crippen LogP contribution in [0.3, 0.4) is 0 Å². The Morgan fingerprint density at radius 1 is 1.25 bits per heavy atom. The molecule has 0 unspecified atom stereocenters. The highest BCUT2D eigenvalue weighted by molar-refractivity contribution is 6.29. The maximum Gasteiger partial charge on any atom is 0.218 e. The quantitative estimate of drug-likeness (QED) is 0.764. The van der Waals surface area contributed by atoms with Crippen molar-refractivity contribution >= 4 is 11.6 Å². The number of halogens is 1. The van der Waals surface area contributed by atoms with Gasteiger partial charge in [0.1, 0.15) is 17.6 Å². The molecule has 0 saturated heterocycles. The van der Waals surface area contributed by atoms with Gasteiger partial charge in [-0.3, -0.25) is 9.97 Å². The Bertz CT molecular complexity index is 465. The summed E-state index contributed by atoms with van der Waals surface area (Å²) in [6.45, 7) is 1.86. The van der Waals surface area contributed by atoms with E-state index < -0.39 is 0 Å². The number of rotatable bonds is 3. The van der Waals surface area contributed by atoms with Crippen LogP contribution in [0.2, 0.25) is 5.15 Å². The summed E-state index contributed by atoms with van der Waals surface area (Å²) in [5.74, 6) is 0.415. The van der Waals surface area contributed by atoms with Gasteiger partial charge in [-0.2, -0.15) is 0 Å². The molecule has 0 radical (unpaired) electrons. The van der Waals surface area contributed by atoms with Gasteiger partial charge in [0.05, 0.1) is 11.9 Å². The van der Waals surface area contributed by atoms with Gasteiger partial charge < -0.3 is 4.74 Å². The maximum absolute atomic E-state index is 5.72. The molecule has 2 aromatic rings. The van der Waals surface area contributed by atoms with Gasteiger partial charge >= 0.3 is 0 Å². The van der Waals surface area contributed by atoms with Crippen LogP contribution in [0.15, 0.2) is 31.0 Å². The van der Waals surface area contributed by atoms with Gasteiger partial charge in [0.2, 0.25) is 5.88 Å². The first kappa shape index (κ1) is 10.8. The van der Waals surface area contributed by atoms with Crippen LogP contribution in [0, 0.1) is 0 Å². The first-order valence-electron chi connectivity index (χ1n) is 4.66. The van der Waals surface area contributed by atoms with Gasteiger partial charge in [-0.25, -0.2) is 9.97 Å². The Morgan fingerprint density at radius 2 is 2.12 bits per heavy atom. The molecule has 2 rings (SSSR count). The van der Waals surface area contributed by atoms with E-state index in [2.05, 4.69) is 19.9 Å². The van der Waals surface area contributed by atoms with Gasteiger partial charge in [-0.1, -0.05) is 11.6 Å². The predicted octanol–water partition coefficient (Wildman–Crippen LogP) is 2.06. The average molecular weight is 237 g/mol. The van der Waals surface area contributed by atoms with Gasteiger partial charge in [0.25, 0.3) is 0 Å². The lowest BCUT2D eigenvalue weighted by atomic mass is 10.3. The van der Waals surface area contributed by atoms with E-state index in [1.165, 1.54) is 6.33 Å². The summed E-state index contributed by atoms with van der Waals surface area (Å²) >= 11 is 5.72. The van der Waals surface area contributed by atoms with Crippen molar-refractivity contribution in [2.75, 3.05) is 0 Å². The maximum atomic E-state index is 5.72.